The van der Waals surface area contributed by atoms with Gasteiger partial charge in [-0.25, -0.2) is 10.2 Å². The van der Waals surface area contributed by atoms with Crippen molar-refractivity contribution in [3.8, 4) is 11.5 Å². The van der Waals surface area contributed by atoms with Gasteiger partial charge in [-0.1, -0.05) is 29.8 Å². The third kappa shape index (κ3) is 4.42. The van der Waals surface area contributed by atoms with Gasteiger partial charge in [-0.3, -0.25) is 20.1 Å². The molecule has 4 rings (SSSR count). The van der Waals surface area contributed by atoms with Gasteiger partial charge in [0.1, 0.15) is 5.75 Å². The van der Waals surface area contributed by atoms with Gasteiger partial charge in [-0.15, -0.1) is 12.4 Å². The molecule has 148 valence electrons. The van der Waals surface area contributed by atoms with Gasteiger partial charge >= 0.3 is 6.03 Å². The number of amides is 3. The first-order chi connectivity index (χ1) is 13.6. The highest BCUT2D eigenvalue weighted by Gasteiger charge is 2.26. The maximum Gasteiger partial charge on any atom is 0.341 e. The zero-order chi connectivity index (χ0) is 19.5. The standard InChI is InChI=1S/C20H15ClN4O3.ClH/c21-15-5-6-18-16(11-15)25(12-14-3-1-2-4-17(14)28-18)20(27)24-23-19(26)13-7-9-22-10-8-13;/h1-11H,12H2,(H,23,26)(H,24,27);1H. The van der Waals surface area contributed by atoms with Crippen molar-refractivity contribution in [2.45, 2.75) is 6.54 Å². The number of carbonyl (C=O) groups is 2. The third-order valence-electron chi connectivity index (χ3n) is 4.20. The highest BCUT2D eigenvalue weighted by molar-refractivity contribution is 6.31. The van der Waals surface area contributed by atoms with E-state index in [4.69, 9.17) is 16.3 Å². The lowest BCUT2D eigenvalue weighted by Gasteiger charge is -2.22. The average Bonchev–Trinajstić information content (AvgIpc) is 2.89. The van der Waals surface area contributed by atoms with E-state index in [0.717, 1.165) is 5.56 Å². The van der Waals surface area contributed by atoms with Crippen molar-refractivity contribution in [2.24, 2.45) is 0 Å². The van der Waals surface area contributed by atoms with E-state index in [9.17, 15) is 9.59 Å². The van der Waals surface area contributed by atoms with Crippen LogP contribution < -0.4 is 20.5 Å². The summed E-state index contributed by atoms with van der Waals surface area (Å²) in [7, 11) is 0. The number of nitrogens with one attached hydrogen (secondary N) is 2. The molecule has 2 N–H and O–H groups in total. The first kappa shape index (κ1) is 20.4. The molecule has 9 heteroatoms. The second-order valence-electron chi connectivity index (χ2n) is 6.03. The van der Waals surface area contributed by atoms with E-state index < -0.39 is 11.9 Å². The molecule has 1 aromatic heterocycles. The smallest absolute Gasteiger partial charge is 0.341 e. The molecule has 0 saturated heterocycles. The Morgan fingerprint density at radius 3 is 2.55 bits per heavy atom. The number of rotatable bonds is 1. The molecule has 29 heavy (non-hydrogen) atoms. The normalized spacial score (nSPS) is 11.7. The number of nitrogens with zero attached hydrogens (tertiary/aromatic N) is 2. The number of aromatic nitrogens is 1. The number of urea groups is 1. The number of fused-ring (bicyclic) bond motifs is 2. The Balaban J connectivity index is 0.00000240. The number of anilines is 1. The first-order valence-electron chi connectivity index (χ1n) is 8.45. The second kappa shape index (κ2) is 8.81. The van der Waals surface area contributed by atoms with Crippen molar-refractivity contribution < 1.29 is 14.3 Å². The van der Waals surface area contributed by atoms with Gasteiger partial charge in [0.15, 0.2) is 5.75 Å². The minimum atomic E-state index is -0.522. The molecule has 0 saturated carbocycles. The lowest BCUT2D eigenvalue weighted by atomic mass is 10.2. The molecule has 0 bridgehead atoms. The summed E-state index contributed by atoms with van der Waals surface area (Å²) in [6.45, 7) is 0.250. The summed E-state index contributed by atoms with van der Waals surface area (Å²) in [6.07, 6.45) is 3.00. The summed E-state index contributed by atoms with van der Waals surface area (Å²) >= 11 is 6.13. The molecule has 0 unspecified atom stereocenters. The van der Waals surface area contributed by atoms with Gasteiger partial charge in [-0.05, 0) is 36.4 Å². The fourth-order valence-corrected chi connectivity index (χ4v) is 3.00. The van der Waals surface area contributed by atoms with E-state index in [1.807, 2.05) is 24.3 Å². The zero-order valence-electron chi connectivity index (χ0n) is 15.0. The van der Waals surface area contributed by atoms with E-state index in [1.165, 1.54) is 17.3 Å². The molecule has 7 nitrogen and oxygen atoms in total. The Kier molecular flexibility index (Phi) is 6.21. The topological polar surface area (TPSA) is 83.6 Å². The molecule has 1 aliphatic heterocycles. The maximum absolute atomic E-state index is 12.9. The Hall–Kier alpha value is -3.29. The molecule has 1 aliphatic rings. The lowest BCUT2D eigenvalue weighted by molar-refractivity contribution is 0.0937. The number of pyridine rings is 1. The number of benzene rings is 2. The summed E-state index contributed by atoms with van der Waals surface area (Å²) in [6, 6.07) is 15.0. The van der Waals surface area contributed by atoms with Gasteiger partial charge in [0.2, 0.25) is 0 Å². The van der Waals surface area contributed by atoms with Crippen LogP contribution in [0.1, 0.15) is 15.9 Å². The van der Waals surface area contributed by atoms with Gasteiger partial charge in [0, 0.05) is 28.5 Å². The Morgan fingerprint density at radius 2 is 1.76 bits per heavy atom. The molecule has 2 heterocycles. The first-order valence-corrected chi connectivity index (χ1v) is 8.83. The minimum absolute atomic E-state index is 0. The Morgan fingerprint density at radius 1 is 1.00 bits per heavy atom. The summed E-state index contributed by atoms with van der Waals surface area (Å²) in [5.41, 5.74) is 6.54. The van der Waals surface area contributed by atoms with E-state index in [0.29, 0.717) is 27.8 Å². The van der Waals surface area contributed by atoms with Gasteiger partial charge in [0.05, 0.1) is 12.2 Å². The highest BCUT2D eigenvalue weighted by atomic mass is 35.5. The van der Waals surface area contributed by atoms with Crippen LogP contribution in [0.4, 0.5) is 10.5 Å². The van der Waals surface area contributed by atoms with Crippen LogP contribution in [0, 0.1) is 0 Å². The quantitative estimate of drug-likeness (QED) is 0.562. The number of hydrogen-bond donors (Lipinski definition) is 2. The largest absolute Gasteiger partial charge is 0.455 e. The van der Waals surface area contributed by atoms with Crippen molar-refractivity contribution in [1.29, 1.82) is 0 Å². The van der Waals surface area contributed by atoms with Crippen LogP contribution >= 0.6 is 24.0 Å². The van der Waals surface area contributed by atoms with Gasteiger partial charge in [-0.2, -0.15) is 0 Å². The Labute approximate surface area is 178 Å². The number of ether oxygens (including phenoxy) is 1. The predicted molar refractivity (Wildman–Crippen MR) is 112 cm³/mol. The van der Waals surface area contributed by atoms with Crippen molar-refractivity contribution >= 4 is 41.6 Å². The molecular weight excluding hydrogens is 415 g/mol. The van der Waals surface area contributed by atoms with Crippen LogP contribution in [0.5, 0.6) is 11.5 Å². The molecular formula is C20H16Cl2N4O3. The van der Waals surface area contributed by atoms with Crippen LogP contribution in [0.25, 0.3) is 0 Å². The van der Waals surface area contributed by atoms with Crippen LogP contribution in [-0.2, 0) is 6.54 Å². The molecule has 2 aromatic carbocycles. The number of hydrogen-bond acceptors (Lipinski definition) is 4. The fraction of sp³-hybridized carbons (Fsp3) is 0.0500. The van der Waals surface area contributed by atoms with Gasteiger partial charge < -0.3 is 4.74 Å². The van der Waals surface area contributed by atoms with E-state index >= 15 is 0 Å². The number of halogens is 2. The molecule has 3 amide bonds. The fourth-order valence-electron chi connectivity index (χ4n) is 2.83. The van der Waals surface area contributed by atoms with Crippen LogP contribution in [-0.4, -0.2) is 16.9 Å². The van der Waals surface area contributed by atoms with E-state index in [-0.39, 0.29) is 19.0 Å². The lowest BCUT2D eigenvalue weighted by Crippen LogP contribution is -2.48. The monoisotopic (exact) mass is 430 g/mol. The van der Waals surface area contributed by atoms with E-state index in [2.05, 4.69) is 15.8 Å². The van der Waals surface area contributed by atoms with Crippen LogP contribution in [0.3, 0.4) is 0 Å². The molecule has 0 fully saturated rings. The number of hydrazine groups is 1. The van der Waals surface area contributed by atoms with Crippen molar-refractivity contribution in [3.05, 3.63) is 83.1 Å². The molecule has 0 atom stereocenters. The second-order valence-corrected chi connectivity index (χ2v) is 6.46. The molecule has 0 aliphatic carbocycles. The summed E-state index contributed by atoms with van der Waals surface area (Å²) < 4.78 is 5.96. The van der Waals surface area contributed by atoms with Crippen LogP contribution in [0.2, 0.25) is 5.02 Å². The van der Waals surface area contributed by atoms with Gasteiger partial charge in [0.25, 0.3) is 5.91 Å². The molecule has 0 spiro atoms. The molecule has 3 aromatic rings. The third-order valence-corrected chi connectivity index (χ3v) is 4.44. The molecule has 0 radical (unpaired) electrons. The average molecular weight is 431 g/mol. The van der Waals surface area contributed by atoms with E-state index in [1.54, 1.807) is 30.3 Å². The highest BCUT2D eigenvalue weighted by Crippen LogP contribution is 2.40. The summed E-state index contributed by atoms with van der Waals surface area (Å²) in [5, 5.41) is 0.465. The minimum Gasteiger partial charge on any atom is -0.455 e. The van der Waals surface area contributed by atoms with Crippen molar-refractivity contribution in [3.63, 3.8) is 0 Å². The number of para-hydroxylation sites is 1. The predicted octanol–water partition coefficient (Wildman–Crippen LogP) is 4.32. The SMILES string of the molecule is Cl.O=C(NNC(=O)N1Cc2ccccc2Oc2ccc(Cl)cc21)c1ccncc1. The summed E-state index contributed by atoms with van der Waals surface area (Å²) in [4.78, 5) is 30.4. The Bertz CT molecular complexity index is 1050. The van der Waals surface area contributed by atoms with Crippen LogP contribution in [0.15, 0.2) is 67.0 Å². The maximum atomic E-state index is 12.9. The zero-order valence-corrected chi connectivity index (χ0v) is 16.5. The van der Waals surface area contributed by atoms with Crippen molar-refractivity contribution in [2.75, 3.05) is 4.90 Å². The number of carbonyl (C=O) groups excluding carboxylic acids is 2. The summed E-state index contributed by atoms with van der Waals surface area (Å²) in [5.74, 6) is 0.695. The van der Waals surface area contributed by atoms with Crippen molar-refractivity contribution in [1.82, 2.24) is 15.8 Å².